The van der Waals surface area contributed by atoms with Crippen LogP contribution in [-0.2, 0) is 14.8 Å². The van der Waals surface area contributed by atoms with Gasteiger partial charge in [-0.25, -0.2) is 8.42 Å². The number of aromatic nitrogens is 1. The molecule has 2 aliphatic rings. The minimum Gasteiger partial charge on any atom is -0.324 e. The summed E-state index contributed by atoms with van der Waals surface area (Å²) in [5.41, 5.74) is 0.0656. The maximum absolute atomic E-state index is 13.5. The van der Waals surface area contributed by atoms with Crippen LogP contribution in [0.2, 0.25) is 0 Å². The van der Waals surface area contributed by atoms with E-state index in [4.69, 9.17) is 0 Å². The number of carbonyl (C=O) groups excluding carboxylic acids is 1. The van der Waals surface area contributed by atoms with Crippen LogP contribution in [0, 0.1) is 5.41 Å². The standard InChI is InChI=1S/C22H28N4O3S/c1-2-25-15-11-22(21(27)24-18-7-6-13-23-17-18)12-16-26(14-10-20(22)25)30(28,29)19-8-4-3-5-9-19/h3-9,13,17,20H,2,10-12,14-16H2,1H3,(H,24,27)/t20-,22-/m0/s1. The largest absolute Gasteiger partial charge is 0.324 e. The van der Waals surface area contributed by atoms with Gasteiger partial charge in [-0.2, -0.15) is 4.31 Å². The molecule has 1 aromatic heterocycles. The van der Waals surface area contributed by atoms with Crippen molar-refractivity contribution in [3.05, 3.63) is 54.9 Å². The third-order valence-corrected chi connectivity index (χ3v) is 8.45. The number of likely N-dealkylation sites (tertiary alicyclic amines) is 1. The maximum atomic E-state index is 13.5. The zero-order valence-corrected chi connectivity index (χ0v) is 18.0. The molecule has 0 saturated carbocycles. The first-order valence-corrected chi connectivity index (χ1v) is 11.9. The Kier molecular flexibility index (Phi) is 5.90. The molecule has 0 radical (unpaired) electrons. The summed E-state index contributed by atoms with van der Waals surface area (Å²) in [7, 11) is -3.58. The zero-order valence-electron chi connectivity index (χ0n) is 17.2. The summed E-state index contributed by atoms with van der Waals surface area (Å²) in [5.74, 6) is -0.0320. The predicted molar refractivity (Wildman–Crippen MR) is 115 cm³/mol. The van der Waals surface area contributed by atoms with Gasteiger partial charge in [0, 0.05) is 25.3 Å². The molecule has 0 bridgehead atoms. The van der Waals surface area contributed by atoms with Crippen LogP contribution in [0.15, 0.2) is 59.8 Å². The molecule has 1 amide bonds. The number of pyridine rings is 1. The molecule has 30 heavy (non-hydrogen) atoms. The number of nitrogens with zero attached hydrogens (tertiary/aromatic N) is 3. The van der Waals surface area contributed by atoms with Gasteiger partial charge >= 0.3 is 0 Å². The highest BCUT2D eigenvalue weighted by atomic mass is 32.2. The highest BCUT2D eigenvalue weighted by Gasteiger charge is 2.53. The van der Waals surface area contributed by atoms with Crippen molar-refractivity contribution in [2.75, 3.05) is 31.5 Å². The summed E-state index contributed by atoms with van der Waals surface area (Å²) in [6.07, 6.45) is 5.19. The summed E-state index contributed by atoms with van der Waals surface area (Å²) in [6, 6.07) is 12.2. The Morgan fingerprint density at radius 2 is 1.90 bits per heavy atom. The number of sulfonamides is 1. The van der Waals surface area contributed by atoms with E-state index in [0.29, 0.717) is 36.5 Å². The van der Waals surface area contributed by atoms with Crippen molar-refractivity contribution in [3.63, 3.8) is 0 Å². The van der Waals surface area contributed by atoms with Crippen LogP contribution in [0.4, 0.5) is 5.69 Å². The second-order valence-corrected chi connectivity index (χ2v) is 9.94. The molecule has 2 saturated heterocycles. The summed E-state index contributed by atoms with van der Waals surface area (Å²) in [4.78, 5) is 20.2. The van der Waals surface area contributed by atoms with Gasteiger partial charge in [-0.15, -0.1) is 0 Å². The fourth-order valence-corrected chi connectivity index (χ4v) is 6.38. The third-order valence-electron chi connectivity index (χ3n) is 6.54. The Bertz CT molecular complexity index is 984. The van der Waals surface area contributed by atoms with E-state index in [1.807, 2.05) is 12.1 Å². The smallest absolute Gasteiger partial charge is 0.243 e. The monoisotopic (exact) mass is 428 g/mol. The average Bonchev–Trinajstić information content (AvgIpc) is 3.01. The molecular formula is C22H28N4O3S. The molecule has 2 aromatic rings. The number of nitrogens with one attached hydrogen (secondary N) is 1. The molecule has 0 aliphatic carbocycles. The second kappa shape index (κ2) is 8.45. The van der Waals surface area contributed by atoms with E-state index in [-0.39, 0.29) is 11.9 Å². The van der Waals surface area contributed by atoms with Gasteiger partial charge < -0.3 is 5.32 Å². The van der Waals surface area contributed by atoms with E-state index in [1.165, 1.54) is 0 Å². The fraction of sp³-hybridized carbons (Fsp3) is 0.455. The number of fused-ring (bicyclic) bond motifs is 1. The van der Waals surface area contributed by atoms with E-state index in [1.54, 1.807) is 47.0 Å². The molecule has 1 N–H and O–H groups in total. The van der Waals surface area contributed by atoms with Gasteiger partial charge in [-0.1, -0.05) is 25.1 Å². The summed E-state index contributed by atoms with van der Waals surface area (Å²) >= 11 is 0. The Morgan fingerprint density at radius 3 is 2.60 bits per heavy atom. The first kappa shape index (κ1) is 21.0. The van der Waals surface area contributed by atoms with Gasteiger partial charge in [0.15, 0.2) is 0 Å². The molecule has 2 aliphatic heterocycles. The Labute approximate surface area is 178 Å². The summed E-state index contributed by atoms with van der Waals surface area (Å²) < 4.78 is 27.9. The van der Waals surface area contributed by atoms with Crippen LogP contribution in [0.25, 0.3) is 0 Å². The predicted octanol–water partition coefficient (Wildman–Crippen LogP) is 2.59. The highest BCUT2D eigenvalue weighted by molar-refractivity contribution is 7.89. The lowest BCUT2D eigenvalue weighted by atomic mass is 9.75. The molecule has 1 aromatic carbocycles. The average molecular weight is 429 g/mol. The van der Waals surface area contributed by atoms with Gasteiger partial charge in [-0.3, -0.25) is 14.7 Å². The highest BCUT2D eigenvalue weighted by Crippen LogP contribution is 2.45. The van der Waals surface area contributed by atoms with Crippen molar-refractivity contribution < 1.29 is 13.2 Å². The normalized spacial score (nSPS) is 25.4. The molecule has 160 valence electrons. The topological polar surface area (TPSA) is 82.6 Å². The Balaban J connectivity index is 1.61. The van der Waals surface area contributed by atoms with Gasteiger partial charge in [0.25, 0.3) is 0 Å². The molecule has 8 heteroatoms. The minimum atomic E-state index is -3.58. The van der Waals surface area contributed by atoms with Gasteiger partial charge in [0.2, 0.25) is 15.9 Å². The zero-order chi connectivity index (χ0) is 21.2. The molecule has 2 fully saturated rings. The van der Waals surface area contributed by atoms with Crippen LogP contribution < -0.4 is 5.32 Å². The molecule has 4 rings (SSSR count). The Hall–Kier alpha value is -2.29. The molecule has 7 nitrogen and oxygen atoms in total. The SMILES string of the molecule is CCN1CC[C@]2(C(=O)Nc3cccnc3)CCN(S(=O)(=O)c3ccccc3)CC[C@H]12. The maximum Gasteiger partial charge on any atom is 0.243 e. The molecule has 0 spiro atoms. The summed E-state index contributed by atoms with van der Waals surface area (Å²) in [5, 5.41) is 3.04. The van der Waals surface area contributed by atoms with E-state index < -0.39 is 15.4 Å². The molecule has 0 unspecified atom stereocenters. The number of hydrogen-bond donors (Lipinski definition) is 1. The Morgan fingerprint density at radius 1 is 1.13 bits per heavy atom. The van der Waals surface area contributed by atoms with Crippen LogP contribution in [0.1, 0.15) is 26.2 Å². The van der Waals surface area contributed by atoms with Crippen LogP contribution in [-0.4, -0.2) is 60.7 Å². The van der Waals surface area contributed by atoms with Crippen molar-refractivity contribution in [3.8, 4) is 0 Å². The number of rotatable bonds is 5. The lowest BCUT2D eigenvalue weighted by Gasteiger charge is -2.35. The van der Waals surface area contributed by atoms with E-state index >= 15 is 0 Å². The lowest BCUT2D eigenvalue weighted by molar-refractivity contribution is -0.127. The van der Waals surface area contributed by atoms with Gasteiger partial charge in [0.05, 0.1) is 22.2 Å². The van der Waals surface area contributed by atoms with Crippen LogP contribution >= 0.6 is 0 Å². The van der Waals surface area contributed by atoms with Crippen molar-refractivity contribution in [1.29, 1.82) is 0 Å². The van der Waals surface area contributed by atoms with E-state index in [0.717, 1.165) is 19.5 Å². The number of benzene rings is 1. The van der Waals surface area contributed by atoms with E-state index in [2.05, 4.69) is 22.1 Å². The van der Waals surface area contributed by atoms with Crippen LogP contribution in [0.3, 0.4) is 0 Å². The quantitative estimate of drug-likeness (QED) is 0.792. The van der Waals surface area contributed by atoms with Crippen molar-refractivity contribution in [2.24, 2.45) is 5.41 Å². The number of amides is 1. The first-order chi connectivity index (χ1) is 14.5. The number of anilines is 1. The third kappa shape index (κ3) is 3.75. The van der Waals surface area contributed by atoms with Gasteiger partial charge in [0.1, 0.15) is 0 Å². The second-order valence-electron chi connectivity index (χ2n) is 8.00. The molecule has 3 heterocycles. The number of carbonyl (C=O) groups is 1. The molecular weight excluding hydrogens is 400 g/mol. The minimum absolute atomic E-state index is 0.0233. The fourth-order valence-electron chi connectivity index (χ4n) is 4.90. The molecule has 2 atom stereocenters. The number of hydrogen-bond acceptors (Lipinski definition) is 5. The van der Waals surface area contributed by atoms with Crippen molar-refractivity contribution >= 4 is 21.6 Å². The summed E-state index contributed by atoms with van der Waals surface area (Å²) in [6.45, 7) is 4.55. The van der Waals surface area contributed by atoms with Gasteiger partial charge in [-0.05, 0) is 56.6 Å². The van der Waals surface area contributed by atoms with Crippen molar-refractivity contribution in [2.45, 2.75) is 37.1 Å². The lowest BCUT2D eigenvalue weighted by Crippen LogP contribution is -2.47. The van der Waals surface area contributed by atoms with Crippen LogP contribution in [0.5, 0.6) is 0 Å². The van der Waals surface area contributed by atoms with E-state index in [9.17, 15) is 13.2 Å². The van der Waals surface area contributed by atoms with Crippen molar-refractivity contribution in [1.82, 2.24) is 14.2 Å². The first-order valence-electron chi connectivity index (χ1n) is 10.5.